The third-order valence-electron chi connectivity index (χ3n) is 2.28. The number of benzene rings is 1. The van der Waals surface area contributed by atoms with Crippen LogP contribution in [0.25, 0.3) is 0 Å². The molecule has 108 valence electrons. The Kier molecular flexibility index (Phi) is 5.33. The van der Waals surface area contributed by atoms with Gasteiger partial charge >= 0.3 is 10.1 Å². The van der Waals surface area contributed by atoms with Crippen LogP contribution in [0.1, 0.15) is 18.4 Å². The zero-order valence-electron chi connectivity index (χ0n) is 10.4. The lowest BCUT2D eigenvalue weighted by atomic mass is 10.1. The smallest absolute Gasteiger partial charge is 0.306 e. The van der Waals surface area contributed by atoms with Crippen LogP contribution < -0.4 is 4.18 Å². The summed E-state index contributed by atoms with van der Waals surface area (Å²) in [4.78, 5) is 0. The first-order valence-electron chi connectivity index (χ1n) is 5.58. The van der Waals surface area contributed by atoms with Crippen molar-refractivity contribution in [2.45, 2.75) is 19.3 Å². The molecule has 0 amide bonds. The minimum absolute atomic E-state index is 0.230. The van der Waals surface area contributed by atoms with Gasteiger partial charge in [0.15, 0.2) is 0 Å². The SMILES string of the molecule is CS(=O)(=O)Oc1ccc(CCCCS(=O)(=O)[O-])cc1. The second-order valence-electron chi connectivity index (χ2n) is 4.15. The fourth-order valence-electron chi connectivity index (χ4n) is 1.49. The Morgan fingerprint density at radius 1 is 1.05 bits per heavy atom. The lowest BCUT2D eigenvalue weighted by molar-refractivity contribution is 0.460. The Labute approximate surface area is 113 Å². The standard InChI is InChI=1S/C11H16O6S2/c1-18(12,13)17-11-7-5-10(6-8-11)4-2-3-9-19(14,15)16/h5-8H,2-4,9H2,1H3,(H,14,15,16)/p-1. The summed E-state index contributed by atoms with van der Waals surface area (Å²) in [5, 5.41) is 0. The topological polar surface area (TPSA) is 101 Å². The van der Waals surface area contributed by atoms with Gasteiger partial charge in [-0.05, 0) is 37.0 Å². The fraction of sp³-hybridized carbons (Fsp3) is 0.455. The van der Waals surface area contributed by atoms with E-state index in [2.05, 4.69) is 4.18 Å². The van der Waals surface area contributed by atoms with Gasteiger partial charge in [-0.1, -0.05) is 12.1 Å². The van der Waals surface area contributed by atoms with Crippen LogP contribution in [0.4, 0.5) is 0 Å². The Morgan fingerprint density at radius 2 is 1.63 bits per heavy atom. The molecule has 0 unspecified atom stereocenters. The quantitative estimate of drug-likeness (QED) is 0.421. The molecule has 0 fully saturated rings. The Balaban J connectivity index is 2.45. The molecule has 1 aromatic rings. The van der Waals surface area contributed by atoms with Crippen LogP contribution in [-0.4, -0.2) is 33.4 Å². The van der Waals surface area contributed by atoms with E-state index in [1.54, 1.807) is 12.1 Å². The summed E-state index contributed by atoms with van der Waals surface area (Å²) in [6, 6.07) is 6.46. The largest absolute Gasteiger partial charge is 0.748 e. The molecule has 1 rings (SSSR count). The number of aryl methyl sites for hydroxylation is 1. The average Bonchev–Trinajstić information content (AvgIpc) is 2.23. The van der Waals surface area contributed by atoms with E-state index >= 15 is 0 Å². The van der Waals surface area contributed by atoms with Gasteiger partial charge in [0.2, 0.25) is 0 Å². The highest BCUT2D eigenvalue weighted by Gasteiger charge is 2.04. The molecule has 0 aliphatic heterocycles. The summed E-state index contributed by atoms with van der Waals surface area (Å²) in [6.45, 7) is 0. The zero-order valence-corrected chi connectivity index (χ0v) is 12.0. The maximum atomic E-state index is 10.9. The molecular formula is C11H15O6S2-. The van der Waals surface area contributed by atoms with Gasteiger partial charge in [-0.3, -0.25) is 0 Å². The van der Waals surface area contributed by atoms with Crippen LogP contribution in [-0.2, 0) is 26.7 Å². The van der Waals surface area contributed by atoms with E-state index < -0.39 is 20.2 Å². The number of rotatable bonds is 7. The van der Waals surface area contributed by atoms with Gasteiger partial charge in [-0.25, -0.2) is 8.42 Å². The summed E-state index contributed by atoms with van der Waals surface area (Å²) >= 11 is 0. The maximum absolute atomic E-state index is 10.9. The first kappa shape index (κ1) is 15.9. The van der Waals surface area contributed by atoms with E-state index in [-0.39, 0.29) is 11.5 Å². The van der Waals surface area contributed by atoms with Crippen LogP contribution >= 0.6 is 0 Å². The first-order chi connectivity index (χ1) is 8.66. The average molecular weight is 307 g/mol. The van der Waals surface area contributed by atoms with E-state index in [9.17, 15) is 21.4 Å². The first-order valence-corrected chi connectivity index (χ1v) is 8.97. The molecule has 0 bridgehead atoms. The van der Waals surface area contributed by atoms with Crippen LogP contribution in [0.3, 0.4) is 0 Å². The summed E-state index contributed by atoms with van der Waals surface area (Å²) in [6.07, 6.45) is 2.47. The summed E-state index contributed by atoms with van der Waals surface area (Å²) in [7, 11) is -7.67. The molecule has 0 aromatic heterocycles. The highest BCUT2D eigenvalue weighted by Crippen LogP contribution is 2.15. The minimum Gasteiger partial charge on any atom is -0.748 e. The summed E-state index contributed by atoms with van der Waals surface area (Å²) in [5.74, 6) is -0.129. The molecule has 6 nitrogen and oxygen atoms in total. The predicted molar refractivity (Wildman–Crippen MR) is 69.4 cm³/mol. The van der Waals surface area contributed by atoms with Crippen molar-refractivity contribution in [2.75, 3.05) is 12.0 Å². The predicted octanol–water partition coefficient (Wildman–Crippen LogP) is 0.893. The summed E-state index contributed by atoms with van der Waals surface area (Å²) < 4.78 is 57.6. The molecule has 0 saturated carbocycles. The van der Waals surface area contributed by atoms with E-state index in [1.807, 2.05) is 0 Å². The molecule has 8 heteroatoms. The molecular weight excluding hydrogens is 292 g/mol. The normalized spacial score (nSPS) is 12.3. The molecule has 0 N–H and O–H groups in total. The number of hydrogen-bond acceptors (Lipinski definition) is 6. The zero-order chi connectivity index (χ0) is 14.5. The van der Waals surface area contributed by atoms with Crippen molar-refractivity contribution in [2.24, 2.45) is 0 Å². The van der Waals surface area contributed by atoms with Crippen molar-refractivity contribution in [3.05, 3.63) is 29.8 Å². The van der Waals surface area contributed by atoms with E-state index in [0.29, 0.717) is 19.3 Å². The van der Waals surface area contributed by atoms with Crippen molar-refractivity contribution in [3.8, 4) is 5.75 Å². The lowest BCUT2D eigenvalue weighted by Crippen LogP contribution is -2.05. The Hall–Kier alpha value is -1.12. The van der Waals surface area contributed by atoms with Crippen LogP contribution in [0, 0.1) is 0 Å². The maximum Gasteiger partial charge on any atom is 0.306 e. The monoisotopic (exact) mass is 307 g/mol. The molecule has 0 atom stereocenters. The van der Waals surface area contributed by atoms with Gasteiger partial charge in [0.1, 0.15) is 5.75 Å². The van der Waals surface area contributed by atoms with E-state index in [0.717, 1.165) is 11.8 Å². The van der Waals surface area contributed by atoms with Crippen molar-refractivity contribution in [3.63, 3.8) is 0 Å². The second-order valence-corrected chi connectivity index (χ2v) is 7.25. The van der Waals surface area contributed by atoms with Gasteiger partial charge in [-0.2, -0.15) is 8.42 Å². The fourth-order valence-corrected chi connectivity index (χ4v) is 2.51. The third kappa shape index (κ3) is 7.81. The molecule has 19 heavy (non-hydrogen) atoms. The van der Waals surface area contributed by atoms with Crippen molar-refractivity contribution in [1.82, 2.24) is 0 Å². The molecule has 0 spiro atoms. The summed E-state index contributed by atoms with van der Waals surface area (Å²) in [5.41, 5.74) is 0.921. The molecule has 0 aliphatic carbocycles. The van der Waals surface area contributed by atoms with Gasteiger partial charge in [0.05, 0.1) is 16.4 Å². The van der Waals surface area contributed by atoms with Crippen molar-refractivity contribution < 1.29 is 25.6 Å². The molecule has 0 radical (unpaired) electrons. The van der Waals surface area contributed by atoms with E-state index in [1.165, 1.54) is 12.1 Å². The third-order valence-corrected chi connectivity index (χ3v) is 3.56. The molecule has 0 saturated heterocycles. The molecule has 0 heterocycles. The number of hydrogen-bond donors (Lipinski definition) is 0. The van der Waals surface area contributed by atoms with Crippen molar-refractivity contribution >= 4 is 20.2 Å². The number of unbranched alkanes of at least 4 members (excludes halogenated alkanes) is 1. The second kappa shape index (κ2) is 6.36. The highest BCUT2D eigenvalue weighted by molar-refractivity contribution is 7.86. The highest BCUT2D eigenvalue weighted by atomic mass is 32.2. The van der Waals surface area contributed by atoms with Gasteiger partial charge < -0.3 is 8.74 Å². The van der Waals surface area contributed by atoms with Gasteiger partial charge in [0, 0.05) is 5.75 Å². The van der Waals surface area contributed by atoms with Crippen molar-refractivity contribution in [1.29, 1.82) is 0 Å². The minimum atomic E-state index is -4.14. The molecule has 0 aliphatic rings. The van der Waals surface area contributed by atoms with Gasteiger partial charge in [-0.15, -0.1) is 0 Å². The Bertz CT molecular complexity index is 601. The Morgan fingerprint density at radius 3 is 2.11 bits per heavy atom. The van der Waals surface area contributed by atoms with Gasteiger partial charge in [0.25, 0.3) is 0 Å². The van der Waals surface area contributed by atoms with Crippen LogP contribution in [0.15, 0.2) is 24.3 Å². The lowest BCUT2D eigenvalue weighted by Gasteiger charge is -2.07. The molecule has 1 aromatic carbocycles. The van der Waals surface area contributed by atoms with Crippen LogP contribution in [0.5, 0.6) is 5.75 Å². The van der Waals surface area contributed by atoms with Crippen LogP contribution in [0.2, 0.25) is 0 Å². The van der Waals surface area contributed by atoms with E-state index in [4.69, 9.17) is 0 Å².